The largest absolute Gasteiger partial charge is 0.241 e. The van der Waals surface area contributed by atoms with Gasteiger partial charge in [-0.15, -0.1) is 0 Å². The summed E-state index contributed by atoms with van der Waals surface area (Å²) in [5.74, 6) is 0. The number of hydrogen-bond donors (Lipinski definition) is 1. The minimum atomic E-state index is -3.45. The molecule has 0 aliphatic rings. The Kier molecular flexibility index (Phi) is 6.69. The van der Waals surface area contributed by atoms with Crippen LogP contribution in [0.4, 0.5) is 0 Å². The molecule has 0 heterocycles. The first-order chi connectivity index (χ1) is 9.28. The number of rotatable bonds is 8. The molecule has 1 N–H and O–H groups in total. The molecule has 0 unspecified atom stereocenters. The van der Waals surface area contributed by atoms with E-state index < -0.39 is 10.0 Å². The van der Waals surface area contributed by atoms with Gasteiger partial charge in [0.15, 0.2) is 0 Å². The number of halogens is 1. The minimum absolute atomic E-state index is 0.0243. The topological polar surface area (TPSA) is 46.2 Å². The molecule has 0 saturated carbocycles. The van der Waals surface area contributed by atoms with Crippen LogP contribution >= 0.6 is 15.9 Å². The summed E-state index contributed by atoms with van der Waals surface area (Å²) in [6, 6.07) is 6.88. The van der Waals surface area contributed by atoms with Crippen LogP contribution in [0, 0.1) is 5.41 Å². The SMILES string of the molecule is CCCCCC(C)(C)CNS(=O)(=O)c1ccccc1Br. The summed E-state index contributed by atoms with van der Waals surface area (Å²) in [7, 11) is -3.45. The Morgan fingerprint density at radius 2 is 1.85 bits per heavy atom. The molecule has 0 amide bonds. The highest BCUT2D eigenvalue weighted by Crippen LogP contribution is 2.25. The Bertz CT molecular complexity index is 526. The molecule has 5 heteroatoms. The number of benzene rings is 1. The van der Waals surface area contributed by atoms with Crippen molar-refractivity contribution in [2.75, 3.05) is 6.54 Å². The molecular weight excluding hydrogens is 338 g/mol. The van der Waals surface area contributed by atoms with Gasteiger partial charge in [-0.05, 0) is 39.9 Å². The van der Waals surface area contributed by atoms with E-state index in [-0.39, 0.29) is 5.41 Å². The van der Waals surface area contributed by atoms with Crippen molar-refractivity contribution in [3.05, 3.63) is 28.7 Å². The smallest absolute Gasteiger partial charge is 0.211 e. The monoisotopic (exact) mass is 361 g/mol. The summed E-state index contributed by atoms with van der Waals surface area (Å²) < 4.78 is 27.9. The first-order valence-corrected chi connectivity index (χ1v) is 9.30. The standard InChI is InChI=1S/C15H24BrNO2S/c1-4-5-8-11-15(2,3)12-17-20(18,19)14-10-7-6-9-13(14)16/h6-7,9-10,17H,4-5,8,11-12H2,1-3H3. The fourth-order valence-corrected chi connectivity index (χ4v) is 4.22. The lowest BCUT2D eigenvalue weighted by Gasteiger charge is -2.25. The third-order valence-electron chi connectivity index (χ3n) is 3.32. The summed E-state index contributed by atoms with van der Waals surface area (Å²) in [6.45, 7) is 6.83. The Hall–Kier alpha value is -0.390. The number of sulfonamides is 1. The third-order valence-corrected chi connectivity index (χ3v) is 5.74. The zero-order chi connectivity index (χ0) is 15.2. The highest BCUT2D eigenvalue weighted by molar-refractivity contribution is 9.10. The van der Waals surface area contributed by atoms with Crippen molar-refractivity contribution in [3.63, 3.8) is 0 Å². The maximum Gasteiger partial charge on any atom is 0.241 e. The molecule has 0 radical (unpaired) electrons. The predicted molar refractivity (Wildman–Crippen MR) is 87.3 cm³/mol. The molecule has 0 aromatic heterocycles. The van der Waals surface area contributed by atoms with Crippen LogP contribution in [0.3, 0.4) is 0 Å². The first kappa shape index (κ1) is 17.7. The highest BCUT2D eigenvalue weighted by atomic mass is 79.9. The number of nitrogens with one attached hydrogen (secondary N) is 1. The van der Waals surface area contributed by atoms with E-state index in [1.54, 1.807) is 24.3 Å². The van der Waals surface area contributed by atoms with Gasteiger partial charge in [-0.3, -0.25) is 0 Å². The van der Waals surface area contributed by atoms with E-state index in [1.807, 2.05) is 0 Å². The summed E-state index contributed by atoms with van der Waals surface area (Å²) in [4.78, 5) is 0.296. The third kappa shape index (κ3) is 5.54. The second-order valence-corrected chi connectivity index (χ2v) is 8.47. The molecule has 0 atom stereocenters. The minimum Gasteiger partial charge on any atom is -0.211 e. The fraction of sp³-hybridized carbons (Fsp3) is 0.600. The molecule has 3 nitrogen and oxygen atoms in total. The molecule has 1 aromatic carbocycles. The van der Waals surface area contributed by atoms with E-state index in [4.69, 9.17) is 0 Å². The number of unbranched alkanes of at least 4 members (excludes halogenated alkanes) is 2. The zero-order valence-corrected chi connectivity index (χ0v) is 14.9. The molecule has 0 aliphatic heterocycles. The molecule has 1 aromatic rings. The molecular formula is C15H24BrNO2S. The average molecular weight is 362 g/mol. The fourth-order valence-electron chi connectivity index (χ4n) is 1.97. The Balaban J connectivity index is 2.66. The van der Waals surface area contributed by atoms with Gasteiger partial charge in [-0.1, -0.05) is 52.2 Å². The van der Waals surface area contributed by atoms with Crippen molar-refractivity contribution in [3.8, 4) is 0 Å². The van der Waals surface area contributed by atoms with Crippen molar-refractivity contribution in [1.29, 1.82) is 0 Å². The van der Waals surface area contributed by atoms with E-state index in [0.29, 0.717) is 15.9 Å². The van der Waals surface area contributed by atoms with Gasteiger partial charge in [0.2, 0.25) is 10.0 Å². The van der Waals surface area contributed by atoms with Crippen molar-refractivity contribution in [2.45, 2.75) is 51.3 Å². The zero-order valence-electron chi connectivity index (χ0n) is 12.4. The molecule has 0 bridgehead atoms. The lowest BCUT2D eigenvalue weighted by atomic mass is 9.87. The summed E-state index contributed by atoms with van der Waals surface area (Å²) in [5, 5.41) is 0. The second kappa shape index (κ2) is 7.57. The molecule has 0 spiro atoms. The van der Waals surface area contributed by atoms with E-state index in [9.17, 15) is 8.42 Å². The molecule has 0 saturated heterocycles. The van der Waals surface area contributed by atoms with Crippen LogP contribution in [0.1, 0.15) is 46.5 Å². The summed E-state index contributed by atoms with van der Waals surface area (Å²) in [5.41, 5.74) is -0.0243. The van der Waals surface area contributed by atoms with Gasteiger partial charge in [-0.2, -0.15) is 0 Å². The lowest BCUT2D eigenvalue weighted by Crippen LogP contribution is -2.34. The van der Waals surface area contributed by atoms with Gasteiger partial charge < -0.3 is 0 Å². The molecule has 0 fully saturated rings. The molecule has 20 heavy (non-hydrogen) atoms. The van der Waals surface area contributed by atoms with Gasteiger partial charge in [0, 0.05) is 11.0 Å². The van der Waals surface area contributed by atoms with E-state index in [0.717, 1.165) is 12.8 Å². The van der Waals surface area contributed by atoms with E-state index >= 15 is 0 Å². The van der Waals surface area contributed by atoms with Gasteiger partial charge >= 0.3 is 0 Å². The van der Waals surface area contributed by atoms with Crippen LogP contribution in [0.25, 0.3) is 0 Å². The molecule has 1 rings (SSSR count). The maximum atomic E-state index is 12.3. The average Bonchev–Trinajstić information content (AvgIpc) is 2.37. The van der Waals surface area contributed by atoms with Gasteiger partial charge in [0.25, 0.3) is 0 Å². The Morgan fingerprint density at radius 3 is 2.45 bits per heavy atom. The van der Waals surface area contributed by atoms with Crippen LogP contribution in [0.5, 0.6) is 0 Å². The van der Waals surface area contributed by atoms with Crippen molar-refractivity contribution in [1.82, 2.24) is 4.72 Å². The first-order valence-electron chi connectivity index (χ1n) is 7.03. The molecule has 114 valence electrons. The number of hydrogen-bond acceptors (Lipinski definition) is 2. The highest BCUT2D eigenvalue weighted by Gasteiger charge is 2.23. The van der Waals surface area contributed by atoms with E-state index in [1.165, 1.54) is 12.8 Å². The van der Waals surface area contributed by atoms with Crippen LogP contribution in [-0.2, 0) is 10.0 Å². The Morgan fingerprint density at radius 1 is 1.20 bits per heavy atom. The van der Waals surface area contributed by atoms with Crippen LogP contribution in [-0.4, -0.2) is 15.0 Å². The van der Waals surface area contributed by atoms with Crippen molar-refractivity contribution >= 4 is 26.0 Å². The van der Waals surface area contributed by atoms with Gasteiger partial charge in [0.1, 0.15) is 0 Å². The van der Waals surface area contributed by atoms with E-state index in [2.05, 4.69) is 41.4 Å². The Labute approximate surface area is 131 Å². The van der Waals surface area contributed by atoms with Crippen molar-refractivity contribution < 1.29 is 8.42 Å². The van der Waals surface area contributed by atoms with Crippen molar-refractivity contribution in [2.24, 2.45) is 5.41 Å². The van der Waals surface area contributed by atoms with Crippen LogP contribution < -0.4 is 4.72 Å². The van der Waals surface area contributed by atoms with Crippen LogP contribution in [0.15, 0.2) is 33.6 Å². The van der Waals surface area contributed by atoms with Crippen LogP contribution in [0.2, 0.25) is 0 Å². The summed E-state index contributed by atoms with van der Waals surface area (Å²) >= 11 is 3.28. The molecule has 0 aliphatic carbocycles. The lowest BCUT2D eigenvalue weighted by molar-refractivity contribution is 0.320. The predicted octanol–water partition coefficient (Wildman–Crippen LogP) is 4.33. The maximum absolute atomic E-state index is 12.3. The second-order valence-electron chi connectivity index (χ2n) is 5.88. The normalized spacial score (nSPS) is 12.6. The summed E-state index contributed by atoms with van der Waals surface area (Å²) in [6.07, 6.45) is 4.54. The van der Waals surface area contributed by atoms with Gasteiger partial charge in [-0.25, -0.2) is 13.1 Å². The van der Waals surface area contributed by atoms with Gasteiger partial charge in [0.05, 0.1) is 4.90 Å². The quantitative estimate of drug-likeness (QED) is 0.700.